The molecule has 0 aromatic heterocycles. The van der Waals surface area contributed by atoms with Gasteiger partial charge >= 0.3 is 0 Å². The summed E-state index contributed by atoms with van der Waals surface area (Å²) in [6.07, 6.45) is 4.32. The number of para-hydroxylation sites is 1. The van der Waals surface area contributed by atoms with Crippen LogP contribution in [0.5, 0.6) is 5.75 Å². The minimum Gasteiger partial charge on any atom is -0.493 e. The lowest BCUT2D eigenvalue weighted by Gasteiger charge is -2.31. The number of hydrogen-bond donors (Lipinski definition) is 1. The van der Waals surface area contributed by atoms with Crippen molar-refractivity contribution >= 4 is 12.0 Å². The van der Waals surface area contributed by atoms with Crippen LogP contribution in [0.15, 0.2) is 30.3 Å². The summed E-state index contributed by atoms with van der Waals surface area (Å²) in [5, 5.41) is 1.96. The molecule has 1 saturated heterocycles. The van der Waals surface area contributed by atoms with Crippen LogP contribution in [0.2, 0.25) is 0 Å². The molecule has 1 heterocycles. The molecule has 1 amide bonds. The summed E-state index contributed by atoms with van der Waals surface area (Å²) in [7, 11) is 2.09. The zero-order valence-corrected chi connectivity index (χ0v) is 13.4. The molecule has 0 spiro atoms. The van der Waals surface area contributed by atoms with Gasteiger partial charge in [0.1, 0.15) is 5.75 Å². The second kappa shape index (κ2) is 8.56. The van der Waals surface area contributed by atoms with Crippen LogP contribution in [0.3, 0.4) is 0 Å². The molecule has 5 heteroatoms. The number of carbonyl (C=O) groups excluding carboxylic acids is 1. The zero-order valence-electron chi connectivity index (χ0n) is 13.4. The summed E-state index contributed by atoms with van der Waals surface area (Å²) in [4.78, 5) is 14.2. The molecule has 1 aromatic carbocycles. The fourth-order valence-electron chi connectivity index (χ4n) is 2.24. The summed E-state index contributed by atoms with van der Waals surface area (Å²) in [6.45, 7) is 6.40. The summed E-state index contributed by atoms with van der Waals surface area (Å²) >= 11 is 0. The Morgan fingerprint density at radius 2 is 2.00 bits per heavy atom. The van der Waals surface area contributed by atoms with Crippen molar-refractivity contribution in [1.82, 2.24) is 15.3 Å². The monoisotopic (exact) mass is 303 g/mol. The molecular formula is C17H25N3O2. The van der Waals surface area contributed by atoms with Crippen molar-refractivity contribution in [3.63, 3.8) is 0 Å². The fourth-order valence-corrected chi connectivity index (χ4v) is 2.24. The summed E-state index contributed by atoms with van der Waals surface area (Å²) in [5.41, 5.74) is 3.83. The molecule has 0 bridgehead atoms. The summed E-state index contributed by atoms with van der Waals surface area (Å²) < 4.78 is 5.68. The number of nitrogens with zero attached hydrogens (tertiary/aromatic N) is 2. The van der Waals surface area contributed by atoms with Crippen molar-refractivity contribution in [2.45, 2.75) is 13.3 Å². The average Bonchev–Trinajstić information content (AvgIpc) is 2.54. The second-order valence-electron chi connectivity index (χ2n) is 5.49. The van der Waals surface area contributed by atoms with Gasteiger partial charge in [-0.2, -0.15) is 0 Å². The first-order chi connectivity index (χ1) is 10.7. The van der Waals surface area contributed by atoms with Crippen molar-refractivity contribution in [1.29, 1.82) is 0 Å². The number of hydrogen-bond acceptors (Lipinski definition) is 4. The highest BCUT2D eigenvalue weighted by Gasteiger charge is 2.14. The van der Waals surface area contributed by atoms with Gasteiger partial charge < -0.3 is 9.64 Å². The van der Waals surface area contributed by atoms with Crippen molar-refractivity contribution in [3.05, 3.63) is 35.9 Å². The SMILES string of the molecule is CCCOc1ccccc1/C=C/C(=O)NN1CCN(C)CC1. The van der Waals surface area contributed by atoms with Crippen LogP contribution in [0.1, 0.15) is 18.9 Å². The number of amides is 1. The van der Waals surface area contributed by atoms with E-state index in [9.17, 15) is 4.79 Å². The summed E-state index contributed by atoms with van der Waals surface area (Å²) in [6, 6.07) is 7.75. The molecule has 1 aromatic rings. The fraction of sp³-hybridized carbons (Fsp3) is 0.471. The lowest BCUT2D eigenvalue weighted by Crippen LogP contribution is -2.52. The number of benzene rings is 1. The molecule has 1 N–H and O–H groups in total. The first kappa shape index (κ1) is 16.5. The molecule has 2 rings (SSSR count). The third-order valence-electron chi connectivity index (χ3n) is 3.57. The normalized spacial score (nSPS) is 16.8. The standard InChI is InChI=1S/C17H25N3O2/c1-3-14-22-16-7-5-4-6-15(16)8-9-17(21)18-20-12-10-19(2)11-13-20/h4-9H,3,10-14H2,1-2H3,(H,18,21)/b9-8+. The maximum atomic E-state index is 12.0. The maximum Gasteiger partial charge on any atom is 0.258 e. The van der Waals surface area contributed by atoms with Gasteiger partial charge in [0.15, 0.2) is 0 Å². The van der Waals surface area contributed by atoms with Crippen molar-refractivity contribution in [2.75, 3.05) is 39.8 Å². The highest BCUT2D eigenvalue weighted by Crippen LogP contribution is 2.19. The molecule has 0 unspecified atom stereocenters. The first-order valence-electron chi connectivity index (χ1n) is 7.83. The zero-order chi connectivity index (χ0) is 15.8. The Bertz CT molecular complexity index is 508. The Balaban J connectivity index is 1.89. The lowest BCUT2D eigenvalue weighted by atomic mass is 10.2. The second-order valence-corrected chi connectivity index (χ2v) is 5.49. The van der Waals surface area contributed by atoms with Crippen molar-refractivity contribution < 1.29 is 9.53 Å². The van der Waals surface area contributed by atoms with Crippen LogP contribution in [0.25, 0.3) is 6.08 Å². The number of likely N-dealkylation sites (N-methyl/N-ethyl adjacent to an activating group) is 1. The number of hydrazine groups is 1. The Labute approximate surface area is 132 Å². The van der Waals surface area contributed by atoms with E-state index in [-0.39, 0.29) is 5.91 Å². The molecule has 120 valence electrons. The van der Waals surface area contributed by atoms with Gasteiger partial charge in [-0.05, 0) is 25.6 Å². The van der Waals surface area contributed by atoms with Crippen LogP contribution in [-0.2, 0) is 4.79 Å². The predicted molar refractivity (Wildman–Crippen MR) is 88.5 cm³/mol. The number of piperazine rings is 1. The van der Waals surface area contributed by atoms with Gasteiger partial charge in [0.05, 0.1) is 6.61 Å². The Kier molecular flexibility index (Phi) is 6.43. The van der Waals surface area contributed by atoms with E-state index < -0.39 is 0 Å². The number of ether oxygens (including phenoxy) is 1. The van der Waals surface area contributed by atoms with Gasteiger partial charge in [0.2, 0.25) is 0 Å². The molecule has 5 nitrogen and oxygen atoms in total. The lowest BCUT2D eigenvalue weighted by molar-refractivity contribution is -0.121. The third kappa shape index (κ3) is 5.16. The molecule has 1 aliphatic heterocycles. The molecular weight excluding hydrogens is 278 g/mol. The molecule has 1 fully saturated rings. The Morgan fingerprint density at radius 3 is 2.73 bits per heavy atom. The quantitative estimate of drug-likeness (QED) is 0.814. The van der Waals surface area contributed by atoms with Crippen LogP contribution in [0.4, 0.5) is 0 Å². The topological polar surface area (TPSA) is 44.8 Å². The van der Waals surface area contributed by atoms with E-state index in [0.717, 1.165) is 43.9 Å². The Morgan fingerprint density at radius 1 is 1.27 bits per heavy atom. The van der Waals surface area contributed by atoms with E-state index in [1.54, 1.807) is 12.2 Å². The van der Waals surface area contributed by atoms with E-state index in [1.807, 2.05) is 29.3 Å². The predicted octanol–water partition coefficient (Wildman–Crippen LogP) is 1.77. The summed E-state index contributed by atoms with van der Waals surface area (Å²) in [5.74, 6) is 0.711. The molecule has 0 radical (unpaired) electrons. The van der Waals surface area contributed by atoms with E-state index >= 15 is 0 Å². The largest absolute Gasteiger partial charge is 0.493 e. The van der Waals surface area contributed by atoms with Crippen LogP contribution >= 0.6 is 0 Å². The maximum absolute atomic E-state index is 12.0. The van der Waals surface area contributed by atoms with Crippen LogP contribution in [-0.4, -0.2) is 55.6 Å². The minimum absolute atomic E-state index is 0.102. The Hall–Kier alpha value is -1.85. The first-order valence-corrected chi connectivity index (χ1v) is 7.83. The van der Waals surface area contributed by atoms with Gasteiger partial charge in [-0.1, -0.05) is 25.1 Å². The molecule has 0 aliphatic carbocycles. The van der Waals surface area contributed by atoms with Crippen LogP contribution < -0.4 is 10.2 Å². The minimum atomic E-state index is -0.102. The highest BCUT2D eigenvalue weighted by atomic mass is 16.5. The van der Waals surface area contributed by atoms with E-state index in [4.69, 9.17) is 4.74 Å². The van der Waals surface area contributed by atoms with E-state index in [0.29, 0.717) is 6.61 Å². The molecule has 1 aliphatic rings. The van der Waals surface area contributed by atoms with Gasteiger partial charge in [-0.3, -0.25) is 10.2 Å². The van der Waals surface area contributed by atoms with Gasteiger partial charge in [0.25, 0.3) is 5.91 Å². The van der Waals surface area contributed by atoms with Crippen LogP contribution in [0, 0.1) is 0 Å². The average molecular weight is 303 g/mol. The van der Waals surface area contributed by atoms with Gasteiger partial charge in [-0.25, -0.2) is 5.01 Å². The van der Waals surface area contributed by atoms with E-state index in [2.05, 4.69) is 24.3 Å². The van der Waals surface area contributed by atoms with Crippen molar-refractivity contribution in [3.8, 4) is 5.75 Å². The number of nitrogens with one attached hydrogen (secondary N) is 1. The molecule has 0 saturated carbocycles. The van der Waals surface area contributed by atoms with Gasteiger partial charge in [-0.15, -0.1) is 0 Å². The smallest absolute Gasteiger partial charge is 0.258 e. The van der Waals surface area contributed by atoms with Crippen molar-refractivity contribution in [2.24, 2.45) is 0 Å². The highest BCUT2D eigenvalue weighted by molar-refractivity contribution is 5.91. The molecule has 22 heavy (non-hydrogen) atoms. The number of carbonyl (C=O) groups is 1. The third-order valence-corrected chi connectivity index (χ3v) is 3.57. The van der Waals surface area contributed by atoms with Gasteiger partial charge in [0, 0.05) is 37.8 Å². The molecule has 0 atom stereocenters. The number of rotatable bonds is 6. The van der Waals surface area contributed by atoms with E-state index in [1.165, 1.54) is 0 Å².